The molecule has 0 bridgehead atoms. The number of aryl methyl sites for hydroxylation is 2. The van der Waals surface area contributed by atoms with Crippen LogP contribution in [0.2, 0.25) is 0 Å². The Hall–Kier alpha value is -2.20. The summed E-state index contributed by atoms with van der Waals surface area (Å²) in [6.45, 7) is 2.03. The highest BCUT2D eigenvalue weighted by molar-refractivity contribution is 5.81. The van der Waals surface area contributed by atoms with Gasteiger partial charge in [-0.3, -0.25) is 9.67 Å². The van der Waals surface area contributed by atoms with Crippen LogP contribution in [0.3, 0.4) is 0 Å². The van der Waals surface area contributed by atoms with Crippen molar-refractivity contribution in [3.8, 4) is 0 Å². The molecule has 114 valence electrons. The van der Waals surface area contributed by atoms with Gasteiger partial charge in [0.2, 0.25) is 0 Å². The molecule has 4 heteroatoms. The molecule has 4 nitrogen and oxygen atoms in total. The third-order valence-corrected chi connectivity index (χ3v) is 3.94. The van der Waals surface area contributed by atoms with Gasteiger partial charge in [-0.15, -0.1) is 0 Å². The summed E-state index contributed by atoms with van der Waals surface area (Å²) >= 11 is 0. The van der Waals surface area contributed by atoms with Crippen LogP contribution in [0.25, 0.3) is 10.9 Å². The van der Waals surface area contributed by atoms with E-state index in [0.717, 1.165) is 31.4 Å². The Morgan fingerprint density at radius 1 is 1.18 bits per heavy atom. The van der Waals surface area contributed by atoms with Crippen LogP contribution in [-0.4, -0.2) is 33.3 Å². The fraction of sp³-hybridized carbons (Fsp3) is 0.333. The minimum Gasteiger partial charge on any atom is -0.302 e. The van der Waals surface area contributed by atoms with Crippen LogP contribution in [0.4, 0.5) is 0 Å². The number of hydrogen-bond acceptors (Lipinski definition) is 3. The maximum atomic E-state index is 4.43. The number of fused-ring (bicyclic) bond motifs is 1. The van der Waals surface area contributed by atoms with Crippen LogP contribution in [0.15, 0.2) is 48.9 Å². The molecule has 0 aliphatic rings. The van der Waals surface area contributed by atoms with E-state index >= 15 is 0 Å². The summed E-state index contributed by atoms with van der Waals surface area (Å²) in [4.78, 5) is 6.80. The van der Waals surface area contributed by atoms with E-state index in [-0.39, 0.29) is 0 Å². The minimum absolute atomic E-state index is 0.954. The fourth-order valence-electron chi connectivity index (χ4n) is 2.82. The largest absolute Gasteiger partial charge is 0.302 e. The monoisotopic (exact) mass is 294 g/mol. The zero-order valence-electron chi connectivity index (χ0n) is 13.2. The molecule has 0 unspecified atom stereocenters. The maximum Gasteiger partial charge on any atom is 0.0705 e. The van der Waals surface area contributed by atoms with Crippen molar-refractivity contribution < 1.29 is 0 Å². The third kappa shape index (κ3) is 3.52. The molecule has 0 saturated carbocycles. The normalized spacial score (nSPS) is 11.4. The van der Waals surface area contributed by atoms with Crippen LogP contribution in [0.1, 0.15) is 17.5 Å². The predicted octanol–water partition coefficient (Wildman–Crippen LogP) is 3.03. The van der Waals surface area contributed by atoms with Crippen molar-refractivity contribution in [1.82, 2.24) is 19.7 Å². The second-order valence-electron chi connectivity index (χ2n) is 5.85. The molecule has 0 radical (unpaired) electrons. The summed E-state index contributed by atoms with van der Waals surface area (Å²) in [7, 11) is 4.14. The van der Waals surface area contributed by atoms with E-state index in [1.165, 1.54) is 16.5 Å². The molecule has 0 aliphatic heterocycles. The van der Waals surface area contributed by atoms with E-state index < -0.39 is 0 Å². The summed E-state index contributed by atoms with van der Waals surface area (Å²) in [5, 5.41) is 5.47. The number of hydrogen-bond donors (Lipinski definition) is 0. The number of aromatic nitrogens is 3. The van der Waals surface area contributed by atoms with Crippen LogP contribution in [-0.2, 0) is 20.0 Å². The van der Waals surface area contributed by atoms with Gasteiger partial charge in [0.1, 0.15) is 0 Å². The zero-order valence-corrected chi connectivity index (χ0v) is 13.2. The SMILES string of the molecule is CN(CCCc1cnn(C)c1)Cc1ccnc2ccccc12. The first-order valence-corrected chi connectivity index (χ1v) is 7.71. The molecular weight excluding hydrogens is 272 g/mol. The summed E-state index contributed by atoms with van der Waals surface area (Å²) in [6.07, 6.45) is 8.17. The molecule has 0 amide bonds. The lowest BCUT2D eigenvalue weighted by atomic mass is 10.1. The van der Waals surface area contributed by atoms with Gasteiger partial charge in [0.05, 0.1) is 11.7 Å². The van der Waals surface area contributed by atoms with Crippen LogP contribution >= 0.6 is 0 Å². The Morgan fingerprint density at radius 3 is 2.86 bits per heavy atom. The van der Waals surface area contributed by atoms with Gasteiger partial charge >= 0.3 is 0 Å². The lowest BCUT2D eigenvalue weighted by Gasteiger charge is -2.17. The van der Waals surface area contributed by atoms with Gasteiger partial charge in [-0.1, -0.05) is 18.2 Å². The number of nitrogens with zero attached hydrogens (tertiary/aromatic N) is 4. The highest BCUT2D eigenvalue weighted by Gasteiger charge is 2.05. The molecular formula is C18H22N4. The van der Waals surface area contributed by atoms with Gasteiger partial charge in [0.25, 0.3) is 0 Å². The molecule has 0 aliphatic carbocycles. The first kappa shape index (κ1) is 14.7. The lowest BCUT2D eigenvalue weighted by molar-refractivity contribution is 0.323. The molecule has 22 heavy (non-hydrogen) atoms. The lowest BCUT2D eigenvalue weighted by Crippen LogP contribution is -2.19. The van der Waals surface area contributed by atoms with Gasteiger partial charge in [-0.05, 0) is 49.7 Å². The van der Waals surface area contributed by atoms with Crippen LogP contribution < -0.4 is 0 Å². The first-order chi connectivity index (χ1) is 10.7. The number of rotatable bonds is 6. The summed E-state index contributed by atoms with van der Waals surface area (Å²) in [5.74, 6) is 0. The highest BCUT2D eigenvalue weighted by atomic mass is 15.2. The Morgan fingerprint density at radius 2 is 2.05 bits per heavy atom. The van der Waals surface area contributed by atoms with E-state index in [9.17, 15) is 0 Å². The third-order valence-electron chi connectivity index (χ3n) is 3.94. The first-order valence-electron chi connectivity index (χ1n) is 7.71. The number of pyridine rings is 1. The topological polar surface area (TPSA) is 34.0 Å². The second-order valence-corrected chi connectivity index (χ2v) is 5.85. The Labute approximate surface area is 131 Å². The Bertz CT molecular complexity index is 742. The molecule has 0 N–H and O–H groups in total. The number of para-hydroxylation sites is 1. The van der Waals surface area contributed by atoms with Gasteiger partial charge in [0.15, 0.2) is 0 Å². The quantitative estimate of drug-likeness (QED) is 0.701. The van der Waals surface area contributed by atoms with Crippen molar-refractivity contribution in [2.75, 3.05) is 13.6 Å². The molecule has 0 atom stereocenters. The van der Waals surface area contributed by atoms with Crippen molar-refractivity contribution in [2.45, 2.75) is 19.4 Å². The van der Waals surface area contributed by atoms with Crippen molar-refractivity contribution in [3.63, 3.8) is 0 Å². The van der Waals surface area contributed by atoms with Crippen LogP contribution in [0, 0.1) is 0 Å². The van der Waals surface area contributed by atoms with Crippen molar-refractivity contribution in [1.29, 1.82) is 0 Å². The molecule has 2 aromatic heterocycles. The highest BCUT2D eigenvalue weighted by Crippen LogP contribution is 2.17. The molecule has 0 spiro atoms. The van der Waals surface area contributed by atoms with Gasteiger partial charge < -0.3 is 4.90 Å². The average Bonchev–Trinajstić information content (AvgIpc) is 2.93. The van der Waals surface area contributed by atoms with E-state index in [1.807, 2.05) is 30.2 Å². The van der Waals surface area contributed by atoms with E-state index in [2.05, 4.69) is 52.5 Å². The van der Waals surface area contributed by atoms with E-state index in [4.69, 9.17) is 0 Å². The van der Waals surface area contributed by atoms with E-state index in [1.54, 1.807) is 0 Å². The molecule has 2 heterocycles. The average molecular weight is 294 g/mol. The second kappa shape index (κ2) is 6.71. The summed E-state index contributed by atoms with van der Waals surface area (Å²) in [6, 6.07) is 10.5. The van der Waals surface area contributed by atoms with E-state index in [0.29, 0.717) is 0 Å². The standard InChI is InChI=1S/C18H22N4/c1-21(11-5-6-15-12-20-22(2)13-15)14-16-9-10-19-18-8-4-3-7-17(16)18/h3-4,7-10,12-13H,5-6,11,14H2,1-2H3. The fourth-order valence-corrected chi connectivity index (χ4v) is 2.82. The van der Waals surface area contributed by atoms with Crippen molar-refractivity contribution in [3.05, 3.63) is 60.0 Å². The number of benzene rings is 1. The predicted molar refractivity (Wildman–Crippen MR) is 89.6 cm³/mol. The minimum atomic E-state index is 0.954. The summed E-state index contributed by atoms with van der Waals surface area (Å²) in [5.41, 5.74) is 3.73. The molecule has 3 rings (SSSR count). The molecule has 0 fully saturated rings. The van der Waals surface area contributed by atoms with Crippen LogP contribution in [0.5, 0.6) is 0 Å². The van der Waals surface area contributed by atoms with Gasteiger partial charge in [-0.25, -0.2) is 0 Å². The smallest absolute Gasteiger partial charge is 0.0705 e. The Kier molecular flexibility index (Phi) is 4.49. The zero-order chi connectivity index (χ0) is 15.4. The maximum absolute atomic E-state index is 4.43. The van der Waals surface area contributed by atoms with Crippen molar-refractivity contribution in [2.24, 2.45) is 7.05 Å². The van der Waals surface area contributed by atoms with Gasteiger partial charge in [0, 0.05) is 31.4 Å². The summed E-state index contributed by atoms with van der Waals surface area (Å²) < 4.78 is 1.86. The molecule has 0 saturated heterocycles. The molecule has 3 aromatic rings. The molecule has 1 aromatic carbocycles. The Balaban J connectivity index is 1.57. The van der Waals surface area contributed by atoms with Gasteiger partial charge in [-0.2, -0.15) is 5.10 Å². The van der Waals surface area contributed by atoms with Crippen molar-refractivity contribution >= 4 is 10.9 Å².